The molecule has 1 aliphatic heterocycles. The third-order valence-corrected chi connectivity index (χ3v) is 5.98. The highest BCUT2D eigenvalue weighted by molar-refractivity contribution is 5.90. The largest absolute Gasteiger partial charge is 0.457 e. The summed E-state index contributed by atoms with van der Waals surface area (Å²) in [6, 6.07) is 15.9. The van der Waals surface area contributed by atoms with Crippen LogP contribution < -0.4 is 4.74 Å². The first-order chi connectivity index (χ1) is 16.1. The van der Waals surface area contributed by atoms with Crippen molar-refractivity contribution in [3.05, 3.63) is 79.3 Å². The second kappa shape index (κ2) is 8.86. The van der Waals surface area contributed by atoms with Crippen LogP contribution in [0.4, 0.5) is 0 Å². The van der Waals surface area contributed by atoms with Gasteiger partial charge >= 0.3 is 0 Å². The van der Waals surface area contributed by atoms with Crippen LogP contribution in [-0.2, 0) is 11.3 Å². The maximum atomic E-state index is 12.2. The monoisotopic (exact) mass is 439 g/mol. The van der Waals surface area contributed by atoms with Crippen molar-refractivity contribution in [2.24, 2.45) is 0 Å². The molecule has 0 bridgehead atoms. The maximum absolute atomic E-state index is 12.2. The van der Waals surface area contributed by atoms with Crippen molar-refractivity contribution < 1.29 is 9.53 Å². The summed E-state index contributed by atoms with van der Waals surface area (Å²) in [6.07, 6.45) is 6.62. The molecular formula is C26H25N5O2. The maximum Gasteiger partial charge on any atom is 0.246 e. The third-order valence-electron chi connectivity index (χ3n) is 5.98. The standard InChI is InChI=1S/C26H25N5O2/c1-3-24(32)30-13-5-7-20(30)16-31-26-23(15-27-17-28-26)25(29-31)19-9-11-21(12-10-19)33-22-8-4-6-18(2)14-22/h3-4,6,8-12,14-15,17,20H,1,5,7,13,16H2,2H3/t20-/m0/s1. The first kappa shape index (κ1) is 20.9. The molecule has 7 nitrogen and oxygen atoms in total. The second-order valence-electron chi connectivity index (χ2n) is 8.27. The van der Waals surface area contributed by atoms with Crippen molar-refractivity contribution in [2.45, 2.75) is 32.4 Å². The van der Waals surface area contributed by atoms with Gasteiger partial charge in [0.1, 0.15) is 23.5 Å². The van der Waals surface area contributed by atoms with Gasteiger partial charge in [0.05, 0.1) is 18.0 Å². The summed E-state index contributed by atoms with van der Waals surface area (Å²) in [6.45, 7) is 7.01. The van der Waals surface area contributed by atoms with E-state index in [1.54, 1.807) is 6.20 Å². The number of aromatic nitrogens is 4. The molecule has 4 aromatic rings. The van der Waals surface area contributed by atoms with Crippen molar-refractivity contribution in [2.75, 3.05) is 6.54 Å². The zero-order chi connectivity index (χ0) is 22.8. The summed E-state index contributed by atoms with van der Waals surface area (Å²) in [4.78, 5) is 22.8. The number of nitrogens with zero attached hydrogens (tertiary/aromatic N) is 5. The molecule has 1 fully saturated rings. The van der Waals surface area contributed by atoms with Gasteiger partial charge in [-0.25, -0.2) is 14.6 Å². The van der Waals surface area contributed by atoms with Gasteiger partial charge in [0, 0.05) is 18.3 Å². The molecule has 0 saturated carbocycles. The Hall–Kier alpha value is -4.00. The molecule has 5 rings (SSSR count). The minimum absolute atomic E-state index is 0.0343. The van der Waals surface area contributed by atoms with Crippen LogP contribution in [0.2, 0.25) is 0 Å². The van der Waals surface area contributed by atoms with E-state index in [9.17, 15) is 4.79 Å². The minimum Gasteiger partial charge on any atom is -0.457 e. The molecule has 0 spiro atoms. The van der Waals surface area contributed by atoms with Crippen molar-refractivity contribution in [1.82, 2.24) is 24.6 Å². The van der Waals surface area contributed by atoms with Crippen LogP contribution in [0.5, 0.6) is 11.5 Å². The molecule has 1 saturated heterocycles. The fourth-order valence-corrected chi connectivity index (χ4v) is 4.39. The lowest BCUT2D eigenvalue weighted by Crippen LogP contribution is -2.37. The van der Waals surface area contributed by atoms with Crippen LogP contribution >= 0.6 is 0 Å². The quantitative estimate of drug-likeness (QED) is 0.405. The topological polar surface area (TPSA) is 73.1 Å². The molecule has 1 aliphatic rings. The van der Waals surface area contributed by atoms with Crippen molar-refractivity contribution in [1.29, 1.82) is 0 Å². The molecule has 3 heterocycles. The Kier molecular flexibility index (Phi) is 5.60. The number of ether oxygens (including phenoxy) is 1. The van der Waals surface area contributed by atoms with E-state index < -0.39 is 0 Å². The van der Waals surface area contributed by atoms with Gasteiger partial charge < -0.3 is 9.64 Å². The third kappa shape index (κ3) is 4.22. The summed E-state index contributed by atoms with van der Waals surface area (Å²) in [7, 11) is 0. The molecule has 33 heavy (non-hydrogen) atoms. The molecule has 2 aromatic heterocycles. The Bertz CT molecular complexity index is 1310. The van der Waals surface area contributed by atoms with Crippen LogP contribution in [0.25, 0.3) is 22.3 Å². The van der Waals surface area contributed by atoms with E-state index in [1.807, 2.05) is 65.0 Å². The van der Waals surface area contributed by atoms with Crippen molar-refractivity contribution in [3.63, 3.8) is 0 Å². The van der Waals surface area contributed by atoms with Gasteiger partial charge in [0.15, 0.2) is 5.65 Å². The molecule has 1 atom stereocenters. The second-order valence-corrected chi connectivity index (χ2v) is 8.27. The average molecular weight is 440 g/mol. The van der Waals surface area contributed by atoms with E-state index in [0.717, 1.165) is 58.7 Å². The smallest absolute Gasteiger partial charge is 0.246 e. The first-order valence-electron chi connectivity index (χ1n) is 11.1. The van der Waals surface area contributed by atoms with E-state index in [4.69, 9.17) is 9.84 Å². The number of carbonyl (C=O) groups excluding carboxylic acids is 1. The first-order valence-corrected chi connectivity index (χ1v) is 11.1. The van der Waals surface area contributed by atoms with E-state index in [1.165, 1.54) is 12.4 Å². The summed E-state index contributed by atoms with van der Waals surface area (Å²) >= 11 is 0. The van der Waals surface area contributed by atoms with Crippen LogP contribution in [0, 0.1) is 6.92 Å². The number of hydrogen-bond donors (Lipinski definition) is 0. The SMILES string of the molecule is C=CC(=O)N1CCC[C@H]1Cn1nc(-c2ccc(Oc3cccc(C)c3)cc2)c2cncnc21. The summed E-state index contributed by atoms with van der Waals surface area (Å²) in [5, 5.41) is 5.76. The highest BCUT2D eigenvalue weighted by atomic mass is 16.5. The van der Waals surface area contributed by atoms with Crippen LogP contribution in [0.15, 0.2) is 73.7 Å². The van der Waals surface area contributed by atoms with Gasteiger partial charge in [-0.1, -0.05) is 18.7 Å². The molecule has 0 unspecified atom stereocenters. The summed E-state index contributed by atoms with van der Waals surface area (Å²) in [5.74, 6) is 1.53. The number of amides is 1. The molecule has 7 heteroatoms. The lowest BCUT2D eigenvalue weighted by Gasteiger charge is -2.23. The molecule has 166 valence electrons. The van der Waals surface area contributed by atoms with Gasteiger partial charge in [-0.2, -0.15) is 5.10 Å². The van der Waals surface area contributed by atoms with Gasteiger partial charge in [-0.3, -0.25) is 4.79 Å². The minimum atomic E-state index is -0.0343. The Morgan fingerprint density at radius 1 is 1.21 bits per heavy atom. The Morgan fingerprint density at radius 2 is 2.06 bits per heavy atom. The number of rotatable bonds is 6. The van der Waals surface area contributed by atoms with Gasteiger partial charge in [0.2, 0.25) is 5.91 Å². The van der Waals surface area contributed by atoms with Crippen LogP contribution in [-0.4, -0.2) is 43.1 Å². The number of benzene rings is 2. The van der Waals surface area contributed by atoms with E-state index in [-0.39, 0.29) is 11.9 Å². The molecule has 0 aliphatic carbocycles. The van der Waals surface area contributed by atoms with Crippen LogP contribution in [0.3, 0.4) is 0 Å². The van der Waals surface area contributed by atoms with E-state index in [2.05, 4.69) is 16.5 Å². The molecule has 1 amide bonds. The van der Waals surface area contributed by atoms with Gasteiger partial charge in [-0.05, 0) is 67.8 Å². The Morgan fingerprint density at radius 3 is 2.85 bits per heavy atom. The zero-order valence-electron chi connectivity index (χ0n) is 18.5. The fraction of sp³-hybridized carbons (Fsp3) is 0.231. The highest BCUT2D eigenvalue weighted by Crippen LogP contribution is 2.30. The van der Waals surface area contributed by atoms with Crippen molar-refractivity contribution >= 4 is 16.9 Å². The number of fused-ring (bicyclic) bond motifs is 1. The van der Waals surface area contributed by atoms with E-state index in [0.29, 0.717) is 6.54 Å². The number of carbonyl (C=O) groups is 1. The fourth-order valence-electron chi connectivity index (χ4n) is 4.39. The van der Waals surface area contributed by atoms with Gasteiger partial charge in [0.25, 0.3) is 0 Å². The molecule has 0 N–H and O–H groups in total. The zero-order valence-corrected chi connectivity index (χ0v) is 18.5. The highest BCUT2D eigenvalue weighted by Gasteiger charge is 2.28. The average Bonchev–Trinajstić information content (AvgIpc) is 3.45. The van der Waals surface area contributed by atoms with Gasteiger partial charge in [-0.15, -0.1) is 0 Å². The lowest BCUT2D eigenvalue weighted by molar-refractivity contribution is -0.127. The summed E-state index contributed by atoms with van der Waals surface area (Å²) < 4.78 is 7.87. The van der Waals surface area contributed by atoms with Crippen molar-refractivity contribution in [3.8, 4) is 22.8 Å². The number of likely N-dealkylation sites (tertiary alicyclic amines) is 1. The van der Waals surface area contributed by atoms with E-state index >= 15 is 0 Å². The predicted molar refractivity (Wildman–Crippen MR) is 127 cm³/mol. The summed E-state index contributed by atoms with van der Waals surface area (Å²) in [5.41, 5.74) is 3.68. The number of aryl methyl sites for hydroxylation is 1. The number of hydrogen-bond acceptors (Lipinski definition) is 5. The Balaban J connectivity index is 1.43. The Labute approximate surface area is 192 Å². The lowest BCUT2D eigenvalue weighted by atomic mass is 10.1. The normalized spacial score (nSPS) is 15.7. The molecule has 0 radical (unpaired) electrons. The molecule has 2 aromatic carbocycles. The van der Waals surface area contributed by atoms with Crippen LogP contribution in [0.1, 0.15) is 18.4 Å². The predicted octanol–water partition coefficient (Wildman–Crippen LogP) is 4.77. The molecular weight excluding hydrogens is 414 g/mol.